The van der Waals surface area contributed by atoms with Crippen LogP contribution in [-0.4, -0.2) is 50.7 Å². The van der Waals surface area contributed by atoms with Crippen LogP contribution in [0.5, 0.6) is 0 Å². The van der Waals surface area contributed by atoms with Crippen molar-refractivity contribution in [1.82, 2.24) is 28.2 Å². The maximum Gasteiger partial charge on any atom is 0.146 e. The summed E-state index contributed by atoms with van der Waals surface area (Å²) in [5.41, 5.74) is 14.6. The van der Waals surface area contributed by atoms with Crippen LogP contribution in [0.15, 0.2) is 152 Å². The van der Waals surface area contributed by atoms with Gasteiger partial charge in [-0.15, -0.1) is 0 Å². The number of fused-ring (bicyclic) bond motifs is 2. The average molecular weight is 981 g/mol. The van der Waals surface area contributed by atoms with Crippen LogP contribution in [0, 0.1) is 22.7 Å². The number of nitrogens with one attached hydrogen (secondary N) is 2. The molecule has 3 fully saturated rings. The minimum absolute atomic E-state index is 0.105. The highest BCUT2D eigenvalue weighted by atomic mass is 16.3. The first-order valence-corrected chi connectivity index (χ1v) is 27.4. The summed E-state index contributed by atoms with van der Waals surface area (Å²) in [6.45, 7) is 2.12. The molecule has 2 atom stereocenters. The molecule has 4 N–H and O–H groups in total. The number of benzene rings is 5. The SMILES string of the molecule is N=c1c2c(-c3cccc(-c4ccc(CCn5c(-c6ccccc6)c(-c6ccccc6)c6c(=N)n(C7CCC(O)CC7)cnc65)cc4)c3)c(-c3ccccc3)n(CC3CCCCC3)c2ncn1C[C@H]1CCCC[C@@H]1O. The number of rotatable bonds is 13. The van der Waals surface area contributed by atoms with Crippen LogP contribution in [0.3, 0.4) is 0 Å². The first-order valence-electron chi connectivity index (χ1n) is 27.4. The van der Waals surface area contributed by atoms with Crippen LogP contribution in [0.25, 0.3) is 78.0 Å². The molecular weight excluding hydrogens is 913 g/mol. The van der Waals surface area contributed by atoms with Gasteiger partial charge in [-0.05, 0) is 109 Å². The smallest absolute Gasteiger partial charge is 0.146 e. The van der Waals surface area contributed by atoms with Crippen LogP contribution in [0.2, 0.25) is 0 Å². The topological polar surface area (TPSA) is 134 Å². The van der Waals surface area contributed by atoms with Crippen LogP contribution in [-0.2, 0) is 26.1 Å². The molecular formula is C64H68N8O2. The second-order valence-electron chi connectivity index (χ2n) is 21.6. The highest BCUT2D eigenvalue weighted by Gasteiger charge is 2.30. The van der Waals surface area contributed by atoms with Crippen molar-refractivity contribution in [3.63, 3.8) is 0 Å². The van der Waals surface area contributed by atoms with Gasteiger partial charge in [-0.25, -0.2) is 9.97 Å². The lowest BCUT2D eigenvalue weighted by Gasteiger charge is -2.28. The van der Waals surface area contributed by atoms with Gasteiger partial charge in [0.25, 0.3) is 0 Å². The van der Waals surface area contributed by atoms with Crippen LogP contribution in [0.1, 0.15) is 95.1 Å². The van der Waals surface area contributed by atoms with Gasteiger partial charge in [-0.3, -0.25) is 10.8 Å². The lowest BCUT2D eigenvalue weighted by molar-refractivity contribution is 0.0598. The van der Waals surface area contributed by atoms with Crippen molar-refractivity contribution in [3.05, 3.63) is 169 Å². The van der Waals surface area contributed by atoms with Crippen molar-refractivity contribution >= 4 is 22.1 Å². The lowest BCUT2D eigenvalue weighted by atomic mass is 9.86. The Morgan fingerprint density at radius 2 is 1.05 bits per heavy atom. The average Bonchev–Trinajstić information content (AvgIpc) is 3.98. The molecule has 0 spiro atoms. The normalized spacial score (nSPS) is 19.6. The van der Waals surface area contributed by atoms with Gasteiger partial charge in [0.15, 0.2) is 0 Å². The molecule has 0 saturated heterocycles. The molecule has 4 heterocycles. The Kier molecular flexibility index (Phi) is 13.6. The quantitative estimate of drug-likeness (QED) is 0.0915. The second-order valence-corrected chi connectivity index (χ2v) is 21.6. The minimum Gasteiger partial charge on any atom is -0.393 e. The van der Waals surface area contributed by atoms with Crippen molar-refractivity contribution < 1.29 is 10.2 Å². The molecule has 0 unspecified atom stereocenters. The number of nitrogens with zero attached hydrogens (tertiary/aromatic N) is 6. The fourth-order valence-corrected chi connectivity index (χ4v) is 12.9. The molecule has 3 aliphatic rings. The van der Waals surface area contributed by atoms with Crippen LogP contribution >= 0.6 is 0 Å². The number of hydrogen-bond acceptors (Lipinski definition) is 6. The highest BCUT2D eigenvalue weighted by molar-refractivity contribution is 6.04. The van der Waals surface area contributed by atoms with E-state index >= 15 is 0 Å². The predicted octanol–water partition coefficient (Wildman–Crippen LogP) is 13.1. The summed E-state index contributed by atoms with van der Waals surface area (Å²) in [5.74, 6) is 0.654. The highest BCUT2D eigenvalue weighted by Crippen LogP contribution is 2.43. The maximum absolute atomic E-state index is 11.1. The summed E-state index contributed by atoms with van der Waals surface area (Å²) < 4.78 is 8.82. The summed E-state index contributed by atoms with van der Waals surface area (Å²) in [5, 5.41) is 42.9. The first-order chi connectivity index (χ1) is 36.4. The Balaban J connectivity index is 0.917. The van der Waals surface area contributed by atoms with E-state index in [4.69, 9.17) is 9.97 Å². The van der Waals surface area contributed by atoms with Crippen LogP contribution < -0.4 is 11.0 Å². The Morgan fingerprint density at radius 1 is 0.486 bits per heavy atom. The number of aliphatic hydroxyl groups is 2. The third-order valence-electron chi connectivity index (χ3n) is 16.9. The monoisotopic (exact) mass is 981 g/mol. The Morgan fingerprint density at radius 3 is 1.74 bits per heavy atom. The number of aryl methyl sites for hydroxylation is 2. The van der Waals surface area contributed by atoms with E-state index in [1.54, 1.807) is 0 Å². The fraction of sp³-hybridized carbons (Fsp3) is 0.344. The summed E-state index contributed by atoms with van der Waals surface area (Å²) in [6, 6.07) is 49.7. The van der Waals surface area contributed by atoms with E-state index in [-0.39, 0.29) is 24.2 Å². The Bertz CT molecular complexity index is 3530. The van der Waals surface area contributed by atoms with E-state index in [9.17, 15) is 21.0 Å². The van der Waals surface area contributed by atoms with Crippen molar-refractivity contribution in [2.75, 3.05) is 0 Å². The van der Waals surface area contributed by atoms with Gasteiger partial charge in [0, 0.05) is 42.7 Å². The van der Waals surface area contributed by atoms with E-state index < -0.39 is 0 Å². The van der Waals surface area contributed by atoms with E-state index in [0.717, 1.165) is 142 Å². The molecule has 10 nitrogen and oxygen atoms in total. The van der Waals surface area contributed by atoms with Crippen molar-refractivity contribution in [1.29, 1.82) is 10.8 Å². The lowest BCUT2D eigenvalue weighted by Crippen LogP contribution is -2.32. The van der Waals surface area contributed by atoms with Gasteiger partial charge in [-0.2, -0.15) is 0 Å². The largest absolute Gasteiger partial charge is 0.393 e. The van der Waals surface area contributed by atoms with Gasteiger partial charge in [0.1, 0.15) is 22.3 Å². The van der Waals surface area contributed by atoms with E-state index in [1.807, 2.05) is 23.3 Å². The number of aliphatic hydroxyl groups excluding tert-OH is 2. The van der Waals surface area contributed by atoms with Crippen molar-refractivity contribution in [2.24, 2.45) is 11.8 Å². The van der Waals surface area contributed by atoms with Gasteiger partial charge in [0.2, 0.25) is 0 Å². The molecule has 0 radical (unpaired) electrons. The number of aromatic nitrogens is 6. The summed E-state index contributed by atoms with van der Waals surface area (Å²) >= 11 is 0. The van der Waals surface area contributed by atoms with Gasteiger partial charge in [0.05, 0.1) is 47.0 Å². The zero-order valence-electron chi connectivity index (χ0n) is 42.4. The van der Waals surface area contributed by atoms with Gasteiger partial charge < -0.3 is 28.5 Å². The number of hydrogen-bond donors (Lipinski definition) is 4. The zero-order chi connectivity index (χ0) is 50.1. The predicted molar refractivity (Wildman–Crippen MR) is 296 cm³/mol. The maximum atomic E-state index is 11.1. The van der Waals surface area contributed by atoms with Crippen molar-refractivity contribution in [2.45, 2.75) is 128 Å². The van der Waals surface area contributed by atoms with E-state index in [2.05, 4.69) is 147 Å². The zero-order valence-corrected chi connectivity index (χ0v) is 42.4. The van der Waals surface area contributed by atoms with Crippen LogP contribution in [0.4, 0.5) is 0 Å². The summed E-state index contributed by atoms with van der Waals surface area (Å²) in [4.78, 5) is 10.4. The van der Waals surface area contributed by atoms with E-state index in [1.165, 1.54) is 37.7 Å². The molecule has 4 aromatic heterocycles. The Hall–Kier alpha value is -7.14. The second kappa shape index (κ2) is 21.0. The molecule has 0 bridgehead atoms. The van der Waals surface area contributed by atoms with Crippen molar-refractivity contribution in [3.8, 4) is 55.9 Å². The molecule has 3 saturated carbocycles. The summed E-state index contributed by atoms with van der Waals surface area (Å²) in [7, 11) is 0. The van der Waals surface area contributed by atoms with E-state index in [0.29, 0.717) is 30.0 Å². The third-order valence-corrected chi connectivity index (χ3v) is 16.9. The molecule has 3 aliphatic carbocycles. The molecule has 5 aromatic carbocycles. The van der Waals surface area contributed by atoms with Gasteiger partial charge in [-0.1, -0.05) is 166 Å². The summed E-state index contributed by atoms with van der Waals surface area (Å²) in [6.07, 6.45) is 17.1. The molecule has 9 aromatic rings. The molecule has 74 heavy (non-hydrogen) atoms. The molecule has 10 heteroatoms. The first kappa shape index (κ1) is 47.8. The molecule has 0 aliphatic heterocycles. The Labute approximate surface area is 433 Å². The molecule has 0 amide bonds. The molecule has 12 rings (SSSR count). The fourth-order valence-electron chi connectivity index (χ4n) is 12.9. The standard InChI is InChI=1S/C64H68N8O2/c65-61-57-56(60(48-22-11-4-12-23-48)71(39-44-16-5-1-6-17-44)64(57)67-41-69(61)40-51-24-13-14-27-54(51)74)50-26-15-25-49(38-50)45-30-28-43(29-31-45)36-37-70-59(47-20-9-3-10-21-47)55(46-18-7-2-8-19-46)58-62(66)72(42-68-63(58)70)52-32-34-53(73)35-33-52/h2-4,7-12,15,18-23,25-26,28-31,38,41-42,44,51-54,65-66,73-74H,1,5-6,13-14,16-17,24,27,32-37,39-40H2/t51-,52?,53?,54+/m1/s1. The minimum atomic E-state index is -0.358. The molecule has 376 valence electrons. The van der Waals surface area contributed by atoms with Gasteiger partial charge >= 0.3 is 0 Å². The third kappa shape index (κ3) is 9.28.